The average molecular weight is 256 g/mol. The molecule has 2 N–H and O–H groups in total. The predicted molar refractivity (Wildman–Crippen MR) is 72.1 cm³/mol. The summed E-state index contributed by atoms with van der Waals surface area (Å²) >= 11 is 0. The van der Waals surface area contributed by atoms with Gasteiger partial charge in [-0.05, 0) is 24.3 Å². The van der Waals surface area contributed by atoms with Crippen molar-refractivity contribution in [2.75, 3.05) is 7.11 Å². The van der Waals surface area contributed by atoms with E-state index in [0.717, 1.165) is 0 Å². The number of aromatic nitrogens is 2. The lowest BCUT2D eigenvalue weighted by Crippen LogP contribution is -2.15. The second-order valence-electron chi connectivity index (χ2n) is 4.11. The standard InChI is InChI=1S/C14H12N2O3/c1-19-12-8-3-2-6-10(12)16-13-9(15-14(16)18)5-4-7-11(13)17/h2-8,17H,1H3,(H,15,18). The number of imidazole rings is 1. The maximum atomic E-state index is 12.1. The van der Waals surface area contributed by atoms with E-state index in [-0.39, 0.29) is 11.4 Å². The van der Waals surface area contributed by atoms with E-state index in [9.17, 15) is 9.90 Å². The summed E-state index contributed by atoms with van der Waals surface area (Å²) in [6, 6.07) is 12.1. The van der Waals surface area contributed by atoms with Crippen molar-refractivity contribution in [2.24, 2.45) is 0 Å². The summed E-state index contributed by atoms with van der Waals surface area (Å²) in [6.45, 7) is 0. The molecule has 5 nitrogen and oxygen atoms in total. The molecule has 5 heteroatoms. The number of nitrogens with one attached hydrogen (secondary N) is 1. The highest BCUT2D eigenvalue weighted by molar-refractivity contribution is 5.83. The van der Waals surface area contributed by atoms with Crippen LogP contribution in [0.3, 0.4) is 0 Å². The zero-order valence-electron chi connectivity index (χ0n) is 10.3. The Balaban J connectivity index is 2.43. The molecule has 0 bridgehead atoms. The van der Waals surface area contributed by atoms with Crippen LogP contribution in [0.5, 0.6) is 11.5 Å². The Bertz CT molecular complexity index is 802. The molecule has 1 aromatic heterocycles. The first kappa shape index (κ1) is 11.4. The number of hydrogen-bond donors (Lipinski definition) is 2. The molecule has 19 heavy (non-hydrogen) atoms. The lowest BCUT2D eigenvalue weighted by Gasteiger charge is -2.09. The van der Waals surface area contributed by atoms with Crippen molar-refractivity contribution in [2.45, 2.75) is 0 Å². The number of fused-ring (bicyclic) bond motifs is 1. The van der Waals surface area contributed by atoms with E-state index in [0.29, 0.717) is 22.5 Å². The van der Waals surface area contributed by atoms with E-state index in [4.69, 9.17) is 4.74 Å². The highest BCUT2D eigenvalue weighted by Crippen LogP contribution is 2.28. The van der Waals surface area contributed by atoms with Crippen molar-refractivity contribution in [3.63, 3.8) is 0 Å². The van der Waals surface area contributed by atoms with E-state index in [2.05, 4.69) is 4.98 Å². The van der Waals surface area contributed by atoms with E-state index < -0.39 is 0 Å². The third kappa shape index (κ3) is 1.67. The molecular formula is C14H12N2O3. The second-order valence-corrected chi connectivity index (χ2v) is 4.11. The molecule has 0 saturated carbocycles. The van der Waals surface area contributed by atoms with Crippen LogP contribution in [-0.2, 0) is 0 Å². The summed E-state index contributed by atoms with van der Waals surface area (Å²) in [4.78, 5) is 14.8. The third-order valence-electron chi connectivity index (χ3n) is 3.01. The molecule has 0 amide bonds. The number of methoxy groups -OCH3 is 1. The van der Waals surface area contributed by atoms with Gasteiger partial charge < -0.3 is 14.8 Å². The maximum Gasteiger partial charge on any atom is 0.331 e. The molecule has 0 spiro atoms. The highest BCUT2D eigenvalue weighted by Gasteiger charge is 2.14. The predicted octanol–water partition coefficient (Wildman–Crippen LogP) is 2.03. The number of nitrogens with zero attached hydrogens (tertiary/aromatic N) is 1. The van der Waals surface area contributed by atoms with Crippen molar-refractivity contribution in [1.82, 2.24) is 9.55 Å². The van der Waals surface area contributed by atoms with Gasteiger partial charge in [0.05, 0.1) is 18.3 Å². The van der Waals surface area contributed by atoms with Crippen molar-refractivity contribution in [1.29, 1.82) is 0 Å². The van der Waals surface area contributed by atoms with Gasteiger partial charge >= 0.3 is 5.69 Å². The van der Waals surface area contributed by atoms with Crippen LogP contribution in [-0.4, -0.2) is 21.8 Å². The molecule has 0 fully saturated rings. The van der Waals surface area contributed by atoms with Crippen molar-refractivity contribution in [3.05, 3.63) is 52.9 Å². The van der Waals surface area contributed by atoms with Gasteiger partial charge in [0.25, 0.3) is 0 Å². The van der Waals surface area contributed by atoms with Crippen LogP contribution in [0.1, 0.15) is 0 Å². The lowest BCUT2D eigenvalue weighted by atomic mass is 10.2. The number of aromatic hydroxyl groups is 1. The van der Waals surface area contributed by atoms with E-state index in [1.54, 1.807) is 37.4 Å². The number of phenolic OH excluding ortho intramolecular Hbond substituents is 1. The first-order valence-corrected chi connectivity index (χ1v) is 5.78. The van der Waals surface area contributed by atoms with Crippen LogP contribution in [0.15, 0.2) is 47.3 Å². The van der Waals surface area contributed by atoms with Gasteiger partial charge in [-0.15, -0.1) is 0 Å². The number of benzene rings is 2. The monoisotopic (exact) mass is 256 g/mol. The molecule has 0 atom stereocenters. The van der Waals surface area contributed by atoms with Crippen LogP contribution in [0.2, 0.25) is 0 Å². The van der Waals surface area contributed by atoms with Gasteiger partial charge in [0, 0.05) is 0 Å². The van der Waals surface area contributed by atoms with E-state index >= 15 is 0 Å². The SMILES string of the molecule is COc1ccccc1-n1c(=O)[nH]c2cccc(O)c21. The Morgan fingerprint density at radius 3 is 2.74 bits per heavy atom. The summed E-state index contributed by atoms with van der Waals surface area (Å²) in [7, 11) is 1.54. The summed E-state index contributed by atoms with van der Waals surface area (Å²) in [5.41, 5.74) is 1.29. The first-order chi connectivity index (χ1) is 9.22. The zero-order chi connectivity index (χ0) is 13.4. The van der Waals surface area contributed by atoms with Crippen LogP contribution >= 0.6 is 0 Å². The van der Waals surface area contributed by atoms with Crippen LogP contribution in [0.25, 0.3) is 16.7 Å². The molecule has 2 aromatic carbocycles. The molecule has 0 aliphatic rings. The van der Waals surface area contributed by atoms with Crippen LogP contribution < -0.4 is 10.4 Å². The fourth-order valence-corrected chi connectivity index (χ4v) is 2.18. The fourth-order valence-electron chi connectivity index (χ4n) is 2.18. The van der Waals surface area contributed by atoms with Gasteiger partial charge in [0.1, 0.15) is 17.0 Å². The number of aromatic amines is 1. The molecule has 0 aliphatic carbocycles. The molecular weight excluding hydrogens is 244 g/mol. The Labute approximate surface area is 108 Å². The van der Waals surface area contributed by atoms with Gasteiger partial charge in [-0.1, -0.05) is 18.2 Å². The third-order valence-corrected chi connectivity index (χ3v) is 3.01. The largest absolute Gasteiger partial charge is 0.506 e. The number of phenols is 1. The Morgan fingerprint density at radius 2 is 1.95 bits per heavy atom. The van der Waals surface area contributed by atoms with E-state index in [1.807, 2.05) is 12.1 Å². The fraction of sp³-hybridized carbons (Fsp3) is 0.0714. The Kier molecular flexibility index (Phi) is 2.52. The minimum atomic E-state index is -0.319. The molecule has 3 rings (SSSR count). The van der Waals surface area contributed by atoms with Crippen molar-refractivity contribution in [3.8, 4) is 17.2 Å². The van der Waals surface area contributed by atoms with Crippen molar-refractivity contribution >= 4 is 11.0 Å². The lowest BCUT2D eigenvalue weighted by molar-refractivity contribution is 0.412. The van der Waals surface area contributed by atoms with Gasteiger partial charge in [-0.3, -0.25) is 4.57 Å². The van der Waals surface area contributed by atoms with Crippen LogP contribution in [0, 0.1) is 0 Å². The van der Waals surface area contributed by atoms with Gasteiger partial charge in [0.15, 0.2) is 0 Å². The quantitative estimate of drug-likeness (QED) is 0.737. The molecule has 0 radical (unpaired) electrons. The first-order valence-electron chi connectivity index (χ1n) is 5.78. The molecule has 0 aliphatic heterocycles. The van der Waals surface area contributed by atoms with E-state index in [1.165, 1.54) is 4.57 Å². The molecule has 0 unspecified atom stereocenters. The highest BCUT2D eigenvalue weighted by atomic mass is 16.5. The molecule has 96 valence electrons. The Hall–Kier alpha value is -2.69. The van der Waals surface area contributed by atoms with Gasteiger partial charge in [0.2, 0.25) is 0 Å². The van der Waals surface area contributed by atoms with Gasteiger partial charge in [-0.2, -0.15) is 0 Å². The Morgan fingerprint density at radius 1 is 1.16 bits per heavy atom. The number of rotatable bonds is 2. The summed E-state index contributed by atoms with van der Waals surface area (Å²) in [5, 5.41) is 9.97. The topological polar surface area (TPSA) is 67.2 Å². The normalized spacial score (nSPS) is 10.8. The molecule has 0 saturated heterocycles. The minimum absolute atomic E-state index is 0.0433. The minimum Gasteiger partial charge on any atom is -0.506 e. The smallest absolute Gasteiger partial charge is 0.331 e. The number of para-hydroxylation sites is 3. The average Bonchev–Trinajstić information content (AvgIpc) is 2.76. The number of ether oxygens (including phenoxy) is 1. The molecule has 3 aromatic rings. The molecule has 1 heterocycles. The number of H-pyrrole nitrogens is 1. The van der Waals surface area contributed by atoms with Crippen molar-refractivity contribution < 1.29 is 9.84 Å². The second kappa shape index (κ2) is 4.20. The number of hydrogen-bond acceptors (Lipinski definition) is 3. The zero-order valence-corrected chi connectivity index (χ0v) is 10.3. The van der Waals surface area contributed by atoms with Crippen LogP contribution in [0.4, 0.5) is 0 Å². The maximum absolute atomic E-state index is 12.1. The summed E-state index contributed by atoms with van der Waals surface area (Å²) in [5.74, 6) is 0.607. The summed E-state index contributed by atoms with van der Waals surface area (Å²) < 4.78 is 6.66. The summed E-state index contributed by atoms with van der Waals surface area (Å²) in [6.07, 6.45) is 0. The van der Waals surface area contributed by atoms with Gasteiger partial charge in [-0.25, -0.2) is 4.79 Å².